The highest BCUT2D eigenvalue weighted by Crippen LogP contribution is 2.58. The van der Waals surface area contributed by atoms with Crippen molar-refractivity contribution in [3.8, 4) is 6.07 Å². The van der Waals surface area contributed by atoms with Crippen molar-refractivity contribution >= 4 is 58.3 Å². The summed E-state index contributed by atoms with van der Waals surface area (Å²) in [6, 6.07) is 8.19. The van der Waals surface area contributed by atoms with Gasteiger partial charge in [0.2, 0.25) is 17.7 Å². The standard InChI is InChI=1S/C32H32ClFN5O6PS/c33-20-11-19(14-36-15-20)22-16-38(32(8-9-32)23(22)13-35)31(42)25-6-5-21-2-1-3-24(30(41)39(21)25)37-29(40)27-12-18-10-17(4-7-26(18)47-27)28(34)46(43,44)45/h4,7,10-12,14-15,21-25,28H,1-3,5-6,8-9,16H2,(H,37,40)(H2,43,44,45)/t21-,22+,23+,24-,25-,28+/m0/s1. The number of halogens is 2. The van der Waals surface area contributed by atoms with Gasteiger partial charge in [-0.15, -0.1) is 11.3 Å². The largest absolute Gasteiger partial charge is 0.363 e. The lowest BCUT2D eigenvalue weighted by molar-refractivity contribution is -0.147. The van der Waals surface area contributed by atoms with E-state index in [1.54, 1.807) is 17.2 Å². The molecule has 1 saturated carbocycles. The smallest absolute Gasteiger partial charge is 0.340 e. The van der Waals surface area contributed by atoms with Gasteiger partial charge in [0.15, 0.2) is 0 Å². The molecule has 5 heterocycles. The van der Waals surface area contributed by atoms with E-state index >= 15 is 0 Å². The lowest BCUT2D eigenvalue weighted by Crippen LogP contribution is -2.56. The Hall–Kier alpha value is -3.40. The van der Waals surface area contributed by atoms with Crippen molar-refractivity contribution in [2.24, 2.45) is 5.92 Å². The van der Waals surface area contributed by atoms with Gasteiger partial charge >= 0.3 is 7.60 Å². The number of aromatic nitrogens is 1. The van der Waals surface area contributed by atoms with Crippen LogP contribution in [0.4, 0.5) is 4.39 Å². The van der Waals surface area contributed by atoms with E-state index in [0.717, 1.165) is 16.9 Å². The number of hydrogen-bond acceptors (Lipinski definition) is 7. The first-order valence-corrected chi connectivity index (χ1v) is 18.5. The molecule has 4 fully saturated rings. The van der Waals surface area contributed by atoms with Crippen molar-refractivity contribution in [3.05, 3.63) is 63.8 Å². The summed E-state index contributed by atoms with van der Waals surface area (Å²) in [7, 11) is -4.99. The molecular formula is C32H32ClFN5O6PS. The summed E-state index contributed by atoms with van der Waals surface area (Å²) < 4.78 is 26.3. The number of carbonyl (C=O) groups excluding carboxylic acids is 3. The van der Waals surface area contributed by atoms with Crippen molar-refractivity contribution in [2.75, 3.05) is 6.54 Å². The molecule has 3 saturated heterocycles. The number of alkyl halides is 1. The van der Waals surface area contributed by atoms with Crippen molar-refractivity contribution in [1.29, 1.82) is 5.26 Å². The van der Waals surface area contributed by atoms with Gasteiger partial charge in [-0.1, -0.05) is 17.7 Å². The van der Waals surface area contributed by atoms with Gasteiger partial charge in [0, 0.05) is 35.6 Å². The van der Waals surface area contributed by atoms with Crippen molar-refractivity contribution in [2.45, 2.75) is 80.4 Å². The highest BCUT2D eigenvalue weighted by molar-refractivity contribution is 7.51. The third kappa shape index (κ3) is 5.64. The van der Waals surface area contributed by atoms with Crippen LogP contribution in [-0.4, -0.2) is 72.5 Å². The summed E-state index contributed by atoms with van der Waals surface area (Å²) >= 11 is 7.34. The van der Waals surface area contributed by atoms with Crippen LogP contribution < -0.4 is 5.32 Å². The summed E-state index contributed by atoms with van der Waals surface area (Å²) in [6.45, 7) is 0.341. The van der Waals surface area contributed by atoms with Crippen LogP contribution in [0.25, 0.3) is 10.1 Å². The molecule has 3 amide bonds. The van der Waals surface area contributed by atoms with Crippen LogP contribution in [0.1, 0.15) is 77.6 Å². The number of hydrogen-bond donors (Lipinski definition) is 3. The highest BCUT2D eigenvalue weighted by Gasteiger charge is 2.64. The quantitative estimate of drug-likeness (QED) is 0.302. The van der Waals surface area contributed by atoms with Crippen LogP contribution >= 0.6 is 30.5 Å². The number of nitrogens with zero attached hydrogens (tertiary/aromatic N) is 4. The zero-order chi connectivity index (χ0) is 33.2. The van der Waals surface area contributed by atoms with E-state index in [2.05, 4.69) is 16.4 Å². The number of nitrogens with one attached hydrogen (secondary N) is 1. The molecule has 47 heavy (non-hydrogen) atoms. The molecule has 3 aliphatic heterocycles. The second kappa shape index (κ2) is 11.9. The second-order valence-corrected chi connectivity index (χ2v) is 16.1. The van der Waals surface area contributed by atoms with Crippen LogP contribution in [0.2, 0.25) is 5.02 Å². The van der Waals surface area contributed by atoms with E-state index in [1.807, 2.05) is 4.90 Å². The number of amides is 3. The Balaban J connectivity index is 1.09. The average molecular weight is 700 g/mol. The Morgan fingerprint density at radius 2 is 1.96 bits per heavy atom. The van der Waals surface area contributed by atoms with Gasteiger partial charge in [0.05, 0.1) is 27.4 Å². The van der Waals surface area contributed by atoms with Crippen molar-refractivity contribution in [3.63, 3.8) is 0 Å². The molecule has 4 aliphatic rings. The topological polar surface area (TPSA) is 164 Å². The van der Waals surface area contributed by atoms with E-state index < -0.39 is 43.0 Å². The molecule has 1 aliphatic carbocycles. The van der Waals surface area contributed by atoms with Crippen LogP contribution in [-0.2, 0) is 14.2 Å². The molecule has 1 spiro atoms. The number of likely N-dealkylation sites (tertiary alicyclic amines) is 1. The van der Waals surface area contributed by atoms with Gasteiger partial charge in [-0.05, 0) is 85.7 Å². The number of thiophene rings is 1. The predicted molar refractivity (Wildman–Crippen MR) is 171 cm³/mol. The summed E-state index contributed by atoms with van der Waals surface area (Å²) in [5, 5.41) is 14.0. The maximum Gasteiger partial charge on any atom is 0.363 e. The Labute approximate surface area is 278 Å². The summed E-state index contributed by atoms with van der Waals surface area (Å²) in [5.74, 6) is -4.10. The highest BCUT2D eigenvalue weighted by atomic mass is 35.5. The zero-order valence-electron chi connectivity index (χ0n) is 25.1. The zero-order valence-corrected chi connectivity index (χ0v) is 27.6. The minimum Gasteiger partial charge on any atom is -0.340 e. The van der Waals surface area contributed by atoms with E-state index in [4.69, 9.17) is 11.6 Å². The molecule has 0 unspecified atom stereocenters. The maximum atomic E-state index is 14.3. The number of pyridine rings is 1. The Morgan fingerprint density at radius 1 is 1.17 bits per heavy atom. The molecule has 1 aromatic carbocycles. The SMILES string of the molecule is N#C[C@@H]1[C@@H](c2cncc(Cl)c2)CN(C(=O)[C@@H]2CC[C@@H]3CCC[C@H](NC(=O)c4cc5cc([C@H](F)P(=O)(O)O)ccc5s4)C(=O)N32)C12CC2. The molecule has 0 bridgehead atoms. The lowest BCUT2D eigenvalue weighted by atomic mass is 9.85. The number of benzene rings is 1. The first-order valence-electron chi connectivity index (χ1n) is 15.6. The molecule has 246 valence electrons. The number of carbonyl (C=O) groups is 3. The third-order valence-electron chi connectivity index (χ3n) is 10.2. The minimum atomic E-state index is -4.99. The molecule has 0 radical (unpaired) electrons. The molecule has 3 N–H and O–H groups in total. The molecule has 7 rings (SSSR count). The average Bonchev–Trinajstić information content (AvgIpc) is 3.42. The Kier molecular flexibility index (Phi) is 8.17. The molecule has 2 aromatic heterocycles. The summed E-state index contributed by atoms with van der Waals surface area (Å²) in [6.07, 6.45) is 7.64. The molecule has 15 heteroatoms. The number of fused-ring (bicyclic) bond motifs is 2. The number of rotatable bonds is 6. The van der Waals surface area contributed by atoms with E-state index in [-0.39, 0.29) is 34.2 Å². The monoisotopic (exact) mass is 699 g/mol. The maximum absolute atomic E-state index is 14.3. The third-order valence-corrected chi connectivity index (χ3v) is 12.4. The molecule has 11 nitrogen and oxygen atoms in total. The van der Waals surface area contributed by atoms with Crippen LogP contribution in [0.5, 0.6) is 0 Å². The van der Waals surface area contributed by atoms with Crippen LogP contribution in [0.15, 0.2) is 42.7 Å². The van der Waals surface area contributed by atoms with Gasteiger partial charge < -0.3 is 24.9 Å². The molecule has 3 aromatic rings. The van der Waals surface area contributed by atoms with Crippen LogP contribution in [0, 0.1) is 17.2 Å². The van der Waals surface area contributed by atoms with Gasteiger partial charge in [-0.2, -0.15) is 5.26 Å². The fourth-order valence-electron chi connectivity index (χ4n) is 7.85. The second-order valence-electron chi connectivity index (χ2n) is 13.0. The van der Waals surface area contributed by atoms with Crippen molar-refractivity contribution in [1.82, 2.24) is 20.1 Å². The fraction of sp³-hybridized carbons (Fsp3) is 0.469. The van der Waals surface area contributed by atoms with E-state index in [1.165, 1.54) is 30.5 Å². The Morgan fingerprint density at radius 3 is 2.66 bits per heavy atom. The summed E-state index contributed by atoms with van der Waals surface area (Å²) in [4.78, 5) is 68.2. The normalized spacial score (nSPS) is 27.4. The van der Waals surface area contributed by atoms with Gasteiger partial charge in [-0.3, -0.25) is 23.9 Å². The Bertz CT molecular complexity index is 1880. The first kappa shape index (κ1) is 32.2. The van der Waals surface area contributed by atoms with Crippen LogP contribution in [0.3, 0.4) is 0 Å². The molecule has 6 atom stereocenters. The first-order chi connectivity index (χ1) is 22.4. The lowest BCUT2D eigenvalue weighted by Gasteiger charge is -2.35. The van der Waals surface area contributed by atoms with Gasteiger partial charge in [-0.25, -0.2) is 4.39 Å². The van der Waals surface area contributed by atoms with E-state index in [0.29, 0.717) is 66.6 Å². The summed E-state index contributed by atoms with van der Waals surface area (Å²) in [5.41, 5.74) is 0.0498. The predicted octanol–water partition coefficient (Wildman–Crippen LogP) is 5.04. The van der Waals surface area contributed by atoms with Crippen molar-refractivity contribution < 1.29 is 33.1 Å². The minimum absolute atomic E-state index is 0.124. The van der Waals surface area contributed by atoms with E-state index in [9.17, 15) is 38.4 Å². The van der Waals surface area contributed by atoms with Gasteiger partial charge in [0.1, 0.15) is 12.1 Å². The van der Waals surface area contributed by atoms with Gasteiger partial charge in [0.25, 0.3) is 5.91 Å². The fourth-order valence-corrected chi connectivity index (χ4v) is 9.52. The molecular weight excluding hydrogens is 668 g/mol. The number of nitriles is 1.